The van der Waals surface area contributed by atoms with E-state index in [-0.39, 0.29) is 27.9 Å². The van der Waals surface area contributed by atoms with Crippen LogP contribution in [0.25, 0.3) is 0 Å². The monoisotopic (exact) mass is 491 g/mol. The Morgan fingerprint density at radius 1 is 1.12 bits per heavy atom. The summed E-state index contributed by atoms with van der Waals surface area (Å²) in [4.78, 5) is 40.0. The van der Waals surface area contributed by atoms with Crippen LogP contribution in [-0.4, -0.2) is 61.4 Å². The van der Waals surface area contributed by atoms with E-state index in [1.54, 1.807) is 33.8 Å². The SMILES string of the molecule is Cc1[nH]c(C(=O)OCC(=O)Nc2cccc(S(=O)(=O)N3CCCC3)c2)c(C)c1C(=O)OC(C)C. The summed E-state index contributed by atoms with van der Waals surface area (Å²) in [5, 5.41) is 2.54. The van der Waals surface area contributed by atoms with E-state index in [0.717, 1.165) is 12.8 Å². The summed E-state index contributed by atoms with van der Waals surface area (Å²) in [5.74, 6) is -1.99. The molecule has 2 aromatic rings. The van der Waals surface area contributed by atoms with Crippen molar-refractivity contribution in [3.05, 3.63) is 46.8 Å². The molecule has 1 amide bonds. The fourth-order valence-electron chi connectivity index (χ4n) is 3.75. The number of nitrogens with one attached hydrogen (secondary N) is 2. The van der Waals surface area contributed by atoms with Gasteiger partial charge in [0.05, 0.1) is 16.6 Å². The van der Waals surface area contributed by atoms with E-state index in [9.17, 15) is 22.8 Å². The van der Waals surface area contributed by atoms with Crippen molar-refractivity contribution < 1.29 is 32.3 Å². The number of anilines is 1. The van der Waals surface area contributed by atoms with Crippen molar-refractivity contribution in [1.82, 2.24) is 9.29 Å². The minimum atomic E-state index is -3.63. The van der Waals surface area contributed by atoms with Crippen LogP contribution < -0.4 is 5.32 Å². The highest BCUT2D eigenvalue weighted by molar-refractivity contribution is 7.89. The van der Waals surface area contributed by atoms with Gasteiger partial charge in [0.1, 0.15) is 5.69 Å². The summed E-state index contributed by atoms with van der Waals surface area (Å²) in [6.07, 6.45) is 1.33. The Balaban J connectivity index is 1.63. The smallest absolute Gasteiger partial charge is 0.355 e. The third kappa shape index (κ3) is 5.65. The third-order valence-electron chi connectivity index (χ3n) is 5.34. The molecule has 184 valence electrons. The number of carbonyl (C=O) groups excluding carboxylic acids is 3. The van der Waals surface area contributed by atoms with Crippen molar-refractivity contribution in [3.63, 3.8) is 0 Å². The minimum absolute atomic E-state index is 0.0553. The first-order chi connectivity index (χ1) is 16.0. The Morgan fingerprint density at radius 3 is 2.44 bits per heavy atom. The topological polar surface area (TPSA) is 135 Å². The van der Waals surface area contributed by atoms with E-state index in [2.05, 4.69) is 10.3 Å². The van der Waals surface area contributed by atoms with Crippen molar-refractivity contribution in [2.75, 3.05) is 25.0 Å². The molecular weight excluding hydrogens is 462 g/mol. The van der Waals surface area contributed by atoms with E-state index in [1.807, 2.05) is 0 Å². The van der Waals surface area contributed by atoms with Gasteiger partial charge in [-0.15, -0.1) is 0 Å². The Morgan fingerprint density at radius 2 is 1.79 bits per heavy atom. The van der Waals surface area contributed by atoms with Gasteiger partial charge in [0.2, 0.25) is 10.0 Å². The Labute approximate surface area is 198 Å². The lowest BCUT2D eigenvalue weighted by atomic mass is 10.1. The standard InChI is InChI=1S/C23H29N3O7S/c1-14(2)33-22(28)20-15(3)21(24-16(20)4)23(29)32-13-19(27)25-17-8-7-9-18(12-17)34(30,31)26-10-5-6-11-26/h7-9,12,14,24H,5-6,10-11,13H2,1-4H3,(H,25,27). The number of aromatic nitrogens is 1. The Hall–Kier alpha value is -3.18. The fraction of sp³-hybridized carbons (Fsp3) is 0.435. The highest BCUT2D eigenvalue weighted by atomic mass is 32.2. The van der Waals surface area contributed by atoms with Crippen LogP contribution in [0.2, 0.25) is 0 Å². The molecule has 0 saturated carbocycles. The first-order valence-electron chi connectivity index (χ1n) is 11.0. The number of aromatic amines is 1. The number of amides is 1. The number of carbonyl (C=O) groups is 3. The average molecular weight is 492 g/mol. The van der Waals surface area contributed by atoms with Gasteiger partial charge in [-0.3, -0.25) is 4.79 Å². The van der Waals surface area contributed by atoms with Gasteiger partial charge < -0.3 is 19.8 Å². The van der Waals surface area contributed by atoms with Gasteiger partial charge in [0, 0.05) is 24.5 Å². The number of benzene rings is 1. The molecule has 0 radical (unpaired) electrons. The molecule has 0 bridgehead atoms. The molecule has 2 N–H and O–H groups in total. The Bertz CT molecular complexity index is 1200. The minimum Gasteiger partial charge on any atom is -0.459 e. The zero-order chi connectivity index (χ0) is 25.0. The summed E-state index contributed by atoms with van der Waals surface area (Å²) in [5.41, 5.74) is 1.40. The van der Waals surface area contributed by atoms with Gasteiger partial charge in [-0.05, 0) is 64.3 Å². The lowest BCUT2D eigenvalue weighted by Crippen LogP contribution is -2.28. The lowest BCUT2D eigenvalue weighted by molar-refractivity contribution is -0.119. The second kappa shape index (κ2) is 10.4. The first-order valence-corrected chi connectivity index (χ1v) is 12.4. The van der Waals surface area contributed by atoms with Crippen LogP contribution >= 0.6 is 0 Å². The van der Waals surface area contributed by atoms with Crippen LogP contribution in [0.4, 0.5) is 5.69 Å². The van der Waals surface area contributed by atoms with Crippen molar-refractivity contribution in [3.8, 4) is 0 Å². The maximum Gasteiger partial charge on any atom is 0.355 e. The van der Waals surface area contributed by atoms with Crippen LogP contribution in [0.5, 0.6) is 0 Å². The second-order valence-electron chi connectivity index (χ2n) is 8.34. The average Bonchev–Trinajstić information content (AvgIpc) is 3.40. The van der Waals surface area contributed by atoms with E-state index >= 15 is 0 Å². The zero-order valence-corrected chi connectivity index (χ0v) is 20.5. The molecule has 11 heteroatoms. The van der Waals surface area contributed by atoms with Gasteiger partial charge in [-0.2, -0.15) is 4.31 Å². The van der Waals surface area contributed by atoms with Gasteiger partial charge in [0.15, 0.2) is 6.61 Å². The molecule has 0 spiro atoms. The number of esters is 2. The molecule has 1 aromatic heterocycles. The molecule has 0 unspecified atom stereocenters. The fourth-order valence-corrected chi connectivity index (χ4v) is 5.31. The summed E-state index contributed by atoms with van der Waals surface area (Å²) < 4.78 is 37.1. The quantitative estimate of drug-likeness (QED) is 0.542. The number of nitrogens with zero attached hydrogens (tertiary/aromatic N) is 1. The van der Waals surface area contributed by atoms with E-state index in [0.29, 0.717) is 24.3 Å². The van der Waals surface area contributed by atoms with Crippen molar-refractivity contribution >= 4 is 33.6 Å². The number of hydrogen-bond donors (Lipinski definition) is 2. The van der Waals surface area contributed by atoms with Gasteiger partial charge in [-0.25, -0.2) is 18.0 Å². The number of aryl methyl sites for hydroxylation is 1. The predicted octanol–water partition coefficient (Wildman–Crippen LogP) is 2.78. The molecule has 1 aliphatic heterocycles. The molecule has 1 saturated heterocycles. The Kier molecular flexibility index (Phi) is 7.78. The molecule has 1 aromatic carbocycles. The van der Waals surface area contributed by atoms with Gasteiger partial charge in [-0.1, -0.05) is 6.07 Å². The van der Waals surface area contributed by atoms with E-state index in [4.69, 9.17) is 9.47 Å². The van der Waals surface area contributed by atoms with Crippen molar-refractivity contribution in [1.29, 1.82) is 0 Å². The molecule has 2 heterocycles. The van der Waals surface area contributed by atoms with Gasteiger partial charge >= 0.3 is 11.9 Å². The van der Waals surface area contributed by atoms with Crippen molar-refractivity contribution in [2.45, 2.75) is 51.5 Å². The predicted molar refractivity (Wildman–Crippen MR) is 124 cm³/mol. The zero-order valence-electron chi connectivity index (χ0n) is 19.6. The number of H-pyrrole nitrogens is 1. The molecule has 34 heavy (non-hydrogen) atoms. The maximum atomic E-state index is 12.7. The number of ether oxygens (including phenoxy) is 2. The highest BCUT2D eigenvalue weighted by Gasteiger charge is 2.28. The van der Waals surface area contributed by atoms with E-state index < -0.39 is 34.5 Å². The molecule has 1 fully saturated rings. The van der Waals surface area contributed by atoms with Gasteiger partial charge in [0.25, 0.3) is 5.91 Å². The van der Waals surface area contributed by atoms with Crippen LogP contribution in [0.3, 0.4) is 0 Å². The second-order valence-corrected chi connectivity index (χ2v) is 10.3. The molecule has 0 atom stereocenters. The summed E-state index contributed by atoms with van der Waals surface area (Å²) in [7, 11) is -3.63. The third-order valence-corrected chi connectivity index (χ3v) is 7.24. The van der Waals surface area contributed by atoms with Crippen LogP contribution in [0.1, 0.15) is 58.8 Å². The molecule has 1 aliphatic rings. The largest absolute Gasteiger partial charge is 0.459 e. The normalized spacial score (nSPS) is 14.3. The molecule has 0 aliphatic carbocycles. The molecular formula is C23H29N3O7S. The van der Waals surface area contributed by atoms with Crippen LogP contribution in [0, 0.1) is 13.8 Å². The first kappa shape index (κ1) is 25.4. The molecule has 3 rings (SSSR count). The summed E-state index contributed by atoms with van der Waals surface area (Å²) in [6.45, 7) is 7.03. The number of hydrogen-bond acceptors (Lipinski definition) is 7. The number of sulfonamides is 1. The lowest BCUT2D eigenvalue weighted by Gasteiger charge is -2.16. The maximum absolute atomic E-state index is 12.7. The van der Waals surface area contributed by atoms with Crippen LogP contribution in [-0.2, 0) is 24.3 Å². The highest BCUT2D eigenvalue weighted by Crippen LogP contribution is 2.23. The summed E-state index contributed by atoms with van der Waals surface area (Å²) >= 11 is 0. The van der Waals surface area contributed by atoms with E-state index in [1.165, 1.54) is 22.5 Å². The summed E-state index contributed by atoms with van der Waals surface area (Å²) in [6, 6.07) is 5.93. The molecule has 10 nitrogen and oxygen atoms in total. The van der Waals surface area contributed by atoms with Crippen molar-refractivity contribution in [2.24, 2.45) is 0 Å². The number of rotatable bonds is 8. The van der Waals surface area contributed by atoms with Crippen LogP contribution in [0.15, 0.2) is 29.2 Å².